The van der Waals surface area contributed by atoms with Gasteiger partial charge in [0.1, 0.15) is 4.90 Å². The van der Waals surface area contributed by atoms with Gasteiger partial charge < -0.3 is 14.9 Å². The molecular formula is C12H15F5N2O2S. The lowest BCUT2D eigenvalue weighted by Gasteiger charge is -2.41. The van der Waals surface area contributed by atoms with Crippen molar-refractivity contribution in [2.75, 3.05) is 38.1 Å². The minimum atomic E-state index is -9.93. The topological polar surface area (TPSA) is 43.8 Å². The van der Waals surface area contributed by atoms with E-state index < -0.39 is 26.7 Å². The van der Waals surface area contributed by atoms with Crippen LogP contribution in [0.25, 0.3) is 0 Å². The quantitative estimate of drug-likeness (QED) is 0.846. The summed E-state index contributed by atoms with van der Waals surface area (Å²) in [6.07, 6.45) is 0. The van der Waals surface area contributed by atoms with Gasteiger partial charge >= 0.3 is 16.2 Å². The van der Waals surface area contributed by atoms with Crippen LogP contribution in [0.1, 0.15) is 10.4 Å². The van der Waals surface area contributed by atoms with E-state index in [0.29, 0.717) is 32.2 Å². The number of anilines is 1. The highest BCUT2D eigenvalue weighted by atomic mass is 32.5. The van der Waals surface area contributed by atoms with Crippen LogP contribution < -0.4 is 4.90 Å². The van der Waals surface area contributed by atoms with Crippen molar-refractivity contribution in [2.45, 2.75) is 4.90 Å². The highest BCUT2D eigenvalue weighted by molar-refractivity contribution is 8.45. The van der Waals surface area contributed by atoms with Crippen LogP contribution in [-0.4, -0.2) is 49.2 Å². The Morgan fingerprint density at radius 2 is 1.59 bits per heavy atom. The van der Waals surface area contributed by atoms with Gasteiger partial charge in [-0.1, -0.05) is 19.4 Å². The van der Waals surface area contributed by atoms with Crippen molar-refractivity contribution in [2.24, 2.45) is 0 Å². The Labute approximate surface area is 123 Å². The number of piperazine rings is 1. The van der Waals surface area contributed by atoms with Gasteiger partial charge in [-0.3, -0.25) is 0 Å². The lowest BCUT2D eigenvalue weighted by atomic mass is 10.1. The van der Waals surface area contributed by atoms with Crippen molar-refractivity contribution in [1.29, 1.82) is 0 Å². The summed E-state index contributed by atoms with van der Waals surface area (Å²) in [7, 11) is -8.11. The fourth-order valence-electron chi connectivity index (χ4n) is 2.18. The van der Waals surface area contributed by atoms with Gasteiger partial charge in [0.25, 0.3) is 0 Å². The summed E-state index contributed by atoms with van der Waals surface area (Å²) in [5, 5.41) is 8.88. The molecule has 0 unspecified atom stereocenters. The van der Waals surface area contributed by atoms with Gasteiger partial charge in [-0.25, -0.2) is 4.79 Å². The fourth-order valence-corrected chi connectivity index (χ4v) is 2.87. The summed E-state index contributed by atoms with van der Waals surface area (Å²) in [6, 6.07) is 1.31. The third kappa shape index (κ3) is 3.80. The molecule has 1 aromatic carbocycles. The summed E-state index contributed by atoms with van der Waals surface area (Å²) in [5.41, 5.74) is -0.962. The average Bonchev–Trinajstić information content (AvgIpc) is 2.36. The van der Waals surface area contributed by atoms with Crippen molar-refractivity contribution in [3.63, 3.8) is 0 Å². The first-order chi connectivity index (χ1) is 9.76. The van der Waals surface area contributed by atoms with Gasteiger partial charge in [-0.2, -0.15) is 0 Å². The number of carboxylic acids is 1. The number of aromatic carboxylic acids is 1. The number of halogens is 5. The third-order valence-corrected chi connectivity index (χ3v) is 4.58. The zero-order valence-corrected chi connectivity index (χ0v) is 12.4. The van der Waals surface area contributed by atoms with Crippen LogP contribution in [0.2, 0.25) is 0 Å². The Morgan fingerprint density at radius 1 is 1.05 bits per heavy atom. The molecule has 0 saturated carbocycles. The third-order valence-electron chi connectivity index (χ3n) is 3.45. The summed E-state index contributed by atoms with van der Waals surface area (Å²) in [6.45, 7) is 1.75. The standard InChI is InChI=1S/C12H15F5N2O2S/c1-18-2-4-19(5-3-18)10-6-9(12(20)21)7-11(8-10)22(13,14,15,16)17/h6-8H,2-5H2,1H3,(H,20,21). The molecule has 0 atom stereocenters. The maximum absolute atomic E-state index is 13.0. The van der Waals surface area contributed by atoms with Crippen molar-refractivity contribution >= 4 is 21.9 Å². The Morgan fingerprint density at radius 3 is 2.05 bits per heavy atom. The minimum Gasteiger partial charge on any atom is -0.478 e. The summed E-state index contributed by atoms with van der Waals surface area (Å²) in [4.78, 5) is 12.2. The number of carboxylic acid groups (broad SMARTS) is 1. The van der Waals surface area contributed by atoms with Gasteiger partial charge in [0, 0.05) is 31.9 Å². The largest absolute Gasteiger partial charge is 0.478 e. The maximum atomic E-state index is 13.0. The van der Waals surface area contributed by atoms with Crippen molar-refractivity contribution in [3.05, 3.63) is 23.8 Å². The monoisotopic (exact) mass is 346 g/mol. The number of hydrogen-bond donors (Lipinski definition) is 1. The number of benzene rings is 1. The molecule has 0 bridgehead atoms. The van der Waals surface area contributed by atoms with E-state index in [4.69, 9.17) is 5.11 Å². The molecule has 1 aliphatic rings. The summed E-state index contributed by atoms with van der Waals surface area (Å²) < 4.78 is 64.9. The zero-order valence-electron chi connectivity index (χ0n) is 11.6. The molecule has 0 amide bonds. The highest BCUT2D eigenvalue weighted by Gasteiger charge is 2.65. The first kappa shape index (κ1) is 16.8. The second-order valence-electron chi connectivity index (χ2n) is 5.28. The van der Waals surface area contributed by atoms with Crippen LogP contribution in [0.4, 0.5) is 25.1 Å². The van der Waals surface area contributed by atoms with Gasteiger partial charge in [-0.05, 0) is 25.2 Å². The van der Waals surface area contributed by atoms with E-state index in [0.717, 1.165) is 6.07 Å². The van der Waals surface area contributed by atoms with Gasteiger partial charge in [-0.15, -0.1) is 0 Å². The van der Waals surface area contributed by atoms with Gasteiger partial charge in [0.05, 0.1) is 5.56 Å². The molecule has 4 nitrogen and oxygen atoms in total. The van der Waals surface area contributed by atoms with E-state index in [1.54, 1.807) is 0 Å². The first-order valence-corrected chi connectivity index (χ1v) is 8.27. The summed E-state index contributed by atoms with van der Waals surface area (Å²) in [5.74, 6) is -1.68. The molecule has 2 rings (SSSR count). The molecule has 1 aromatic rings. The second kappa shape index (κ2) is 4.48. The fraction of sp³-hybridized carbons (Fsp3) is 0.417. The molecule has 22 heavy (non-hydrogen) atoms. The van der Waals surface area contributed by atoms with Gasteiger partial charge in [0.2, 0.25) is 0 Å². The van der Waals surface area contributed by atoms with E-state index >= 15 is 0 Å². The Kier molecular flexibility index (Phi) is 3.42. The number of hydrogen-bond acceptors (Lipinski definition) is 3. The molecule has 1 N–H and O–H groups in total. The molecule has 10 heteroatoms. The summed E-state index contributed by atoms with van der Waals surface area (Å²) >= 11 is 0. The first-order valence-electron chi connectivity index (χ1n) is 6.32. The van der Waals surface area contributed by atoms with Crippen molar-refractivity contribution in [1.82, 2.24) is 4.90 Å². The number of rotatable bonds is 3. The number of nitrogens with zero attached hydrogens (tertiary/aromatic N) is 2. The minimum absolute atomic E-state index is 0.0105. The van der Waals surface area contributed by atoms with E-state index in [-0.39, 0.29) is 11.8 Å². The Balaban J connectivity index is 2.52. The van der Waals surface area contributed by atoms with E-state index in [2.05, 4.69) is 0 Å². The van der Waals surface area contributed by atoms with E-state index in [1.165, 1.54) is 4.90 Å². The predicted octanol–water partition coefficient (Wildman–Crippen LogP) is 3.79. The molecule has 0 radical (unpaired) electrons. The average molecular weight is 346 g/mol. The highest BCUT2D eigenvalue weighted by Crippen LogP contribution is 3.02. The maximum Gasteiger partial charge on any atom is 0.335 e. The number of likely N-dealkylation sites (N-methyl/N-ethyl adjacent to an activating group) is 1. The molecule has 1 fully saturated rings. The van der Waals surface area contributed by atoms with Gasteiger partial charge in [0.15, 0.2) is 0 Å². The lowest BCUT2D eigenvalue weighted by molar-refractivity contribution is 0.0696. The van der Waals surface area contributed by atoms with Crippen LogP contribution in [0.3, 0.4) is 0 Å². The lowest BCUT2D eigenvalue weighted by Crippen LogP contribution is -2.44. The molecule has 1 heterocycles. The molecule has 0 aliphatic carbocycles. The zero-order chi connectivity index (χ0) is 16.8. The van der Waals surface area contributed by atoms with Crippen molar-refractivity contribution < 1.29 is 29.3 Å². The van der Waals surface area contributed by atoms with Crippen molar-refractivity contribution in [3.8, 4) is 0 Å². The SMILES string of the molecule is CN1CCN(c2cc(C(=O)O)cc(S(F)(F)(F)(F)F)c2)CC1. The molecule has 1 aliphatic heterocycles. The van der Waals surface area contributed by atoms with Crippen LogP contribution in [0.15, 0.2) is 23.1 Å². The predicted molar refractivity (Wildman–Crippen MR) is 74.5 cm³/mol. The molecule has 0 spiro atoms. The Hall–Kier alpha value is -1.55. The van der Waals surface area contributed by atoms with Crippen LogP contribution >= 0.6 is 10.2 Å². The number of carbonyl (C=O) groups is 1. The van der Waals surface area contributed by atoms with E-state index in [9.17, 15) is 24.2 Å². The Bertz CT molecular complexity index is 612. The van der Waals surface area contributed by atoms with Crippen LogP contribution in [0.5, 0.6) is 0 Å². The van der Waals surface area contributed by atoms with E-state index in [1.807, 2.05) is 11.9 Å². The molecule has 1 saturated heterocycles. The molecule has 0 aromatic heterocycles. The second-order valence-corrected chi connectivity index (χ2v) is 7.69. The molecule has 126 valence electrons. The van der Waals surface area contributed by atoms with Crippen LogP contribution in [-0.2, 0) is 0 Å². The normalized spacial score (nSPS) is 20.4. The smallest absolute Gasteiger partial charge is 0.335 e. The molecular weight excluding hydrogens is 331 g/mol. The van der Waals surface area contributed by atoms with Crippen LogP contribution in [0, 0.1) is 0 Å².